The maximum Gasteiger partial charge on any atom is 0.404 e. The lowest BCUT2D eigenvalue weighted by Crippen LogP contribution is -2.50. The topological polar surface area (TPSA) is 66.4 Å². The van der Waals surface area contributed by atoms with Crippen molar-refractivity contribution in [3.05, 3.63) is 35.9 Å². The van der Waals surface area contributed by atoms with Gasteiger partial charge in [0.1, 0.15) is 6.04 Å². The Balaban J connectivity index is 2.84. The lowest BCUT2D eigenvalue weighted by Gasteiger charge is -2.26. The summed E-state index contributed by atoms with van der Waals surface area (Å²) in [6.07, 6.45) is -5.46. The van der Waals surface area contributed by atoms with E-state index in [9.17, 15) is 22.8 Å². The number of carboxylic acid groups (broad SMARTS) is 1. The Morgan fingerprint density at radius 2 is 1.87 bits per heavy atom. The Labute approximate surface area is 136 Å². The molecule has 1 aromatic rings. The SMILES string of the molecule is CC(=O)SC[C@@H](Cc1ccccc1)N[C@@H](CC(=O)O)C(F)(F)F. The van der Waals surface area contributed by atoms with E-state index < -0.39 is 30.7 Å². The Kier molecular flexibility index (Phi) is 7.57. The third kappa shape index (κ3) is 8.03. The molecule has 1 rings (SSSR count). The highest BCUT2D eigenvalue weighted by atomic mass is 32.2. The molecule has 0 radical (unpaired) electrons. The number of carboxylic acids is 1. The van der Waals surface area contributed by atoms with E-state index in [-0.39, 0.29) is 17.3 Å². The summed E-state index contributed by atoms with van der Waals surface area (Å²) < 4.78 is 38.9. The second-order valence-electron chi connectivity index (χ2n) is 5.05. The Hall–Kier alpha value is -1.54. The van der Waals surface area contributed by atoms with Gasteiger partial charge in [0, 0.05) is 18.7 Å². The molecule has 23 heavy (non-hydrogen) atoms. The normalized spacial score (nSPS) is 14.3. The first-order valence-electron chi connectivity index (χ1n) is 6.90. The Morgan fingerprint density at radius 3 is 2.35 bits per heavy atom. The van der Waals surface area contributed by atoms with Crippen LogP contribution in [0.25, 0.3) is 0 Å². The third-order valence-electron chi connectivity index (χ3n) is 3.02. The lowest BCUT2D eigenvalue weighted by atomic mass is 10.1. The molecule has 0 unspecified atom stereocenters. The summed E-state index contributed by atoms with van der Waals surface area (Å²) >= 11 is 0.914. The average molecular weight is 349 g/mol. The van der Waals surface area contributed by atoms with Crippen LogP contribution < -0.4 is 5.32 Å². The van der Waals surface area contributed by atoms with Gasteiger partial charge in [0.25, 0.3) is 0 Å². The maximum absolute atomic E-state index is 13.0. The summed E-state index contributed by atoms with van der Waals surface area (Å²) in [5, 5.41) is 10.8. The predicted molar refractivity (Wildman–Crippen MR) is 82.3 cm³/mol. The number of aliphatic carboxylic acids is 1. The van der Waals surface area contributed by atoms with Gasteiger partial charge >= 0.3 is 12.1 Å². The zero-order chi connectivity index (χ0) is 17.5. The lowest BCUT2D eigenvalue weighted by molar-refractivity contribution is -0.168. The molecule has 0 aliphatic carbocycles. The van der Waals surface area contributed by atoms with E-state index in [1.54, 1.807) is 30.3 Å². The van der Waals surface area contributed by atoms with Crippen LogP contribution >= 0.6 is 11.8 Å². The summed E-state index contributed by atoms with van der Waals surface area (Å²) in [5.74, 6) is -1.39. The molecule has 0 aromatic heterocycles. The third-order valence-corrected chi connectivity index (χ3v) is 4.00. The first-order chi connectivity index (χ1) is 10.7. The molecule has 4 nitrogen and oxygen atoms in total. The zero-order valence-electron chi connectivity index (χ0n) is 12.5. The van der Waals surface area contributed by atoms with Crippen molar-refractivity contribution in [3.63, 3.8) is 0 Å². The summed E-state index contributed by atoms with van der Waals surface area (Å²) in [6, 6.07) is 6.05. The molecule has 0 saturated carbocycles. The first-order valence-corrected chi connectivity index (χ1v) is 7.89. The fourth-order valence-electron chi connectivity index (χ4n) is 2.01. The predicted octanol–water partition coefficient (Wildman–Crippen LogP) is 2.87. The van der Waals surface area contributed by atoms with Crippen molar-refractivity contribution in [1.82, 2.24) is 5.32 Å². The van der Waals surface area contributed by atoms with Crippen molar-refractivity contribution in [2.45, 2.75) is 38.0 Å². The molecule has 0 fully saturated rings. The van der Waals surface area contributed by atoms with E-state index in [0.717, 1.165) is 17.3 Å². The number of carbonyl (C=O) groups is 2. The van der Waals surface area contributed by atoms with E-state index in [1.165, 1.54) is 6.92 Å². The average Bonchev–Trinajstić information content (AvgIpc) is 2.43. The number of benzene rings is 1. The standard InChI is InChI=1S/C15H18F3NO3S/c1-10(20)23-9-12(7-11-5-3-2-4-6-11)19-13(8-14(21)22)15(16,17)18/h2-6,12-13,19H,7-9H2,1H3,(H,21,22)/t12-,13+/m1/s1. The number of carbonyl (C=O) groups excluding carboxylic acids is 1. The van der Waals surface area contributed by atoms with Crippen LogP contribution in [0.3, 0.4) is 0 Å². The molecule has 0 spiro atoms. The summed E-state index contributed by atoms with van der Waals surface area (Å²) in [4.78, 5) is 21.7. The van der Waals surface area contributed by atoms with Crippen LogP contribution in [0.4, 0.5) is 13.2 Å². The van der Waals surface area contributed by atoms with Gasteiger partial charge in [-0.3, -0.25) is 9.59 Å². The number of halogens is 3. The molecule has 2 atom stereocenters. The van der Waals surface area contributed by atoms with Crippen molar-refractivity contribution >= 4 is 22.8 Å². The summed E-state index contributed by atoms with van der Waals surface area (Å²) in [5.41, 5.74) is 0.811. The van der Waals surface area contributed by atoms with Gasteiger partial charge in [0.05, 0.1) is 6.42 Å². The molecule has 0 bridgehead atoms. The van der Waals surface area contributed by atoms with Crippen LogP contribution in [0.2, 0.25) is 0 Å². The molecule has 8 heteroatoms. The van der Waals surface area contributed by atoms with Crippen LogP contribution in [-0.4, -0.2) is 40.2 Å². The van der Waals surface area contributed by atoms with Crippen LogP contribution in [0.5, 0.6) is 0 Å². The second-order valence-corrected chi connectivity index (χ2v) is 6.24. The van der Waals surface area contributed by atoms with Gasteiger partial charge in [-0.25, -0.2) is 0 Å². The maximum atomic E-state index is 13.0. The first kappa shape index (κ1) is 19.5. The van der Waals surface area contributed by atoms with E-state index in [4.69, 9.17) is 5.11 Å². The fraction of sp³-hybridized carbons (Fsp3) is 0.467. The highest BCUT2D eigenvalue weighted by Gasteiger charge is 2.41. The highest BCUT2D eigenvalue weighted by Crippen LogP contribution is 2.24. The number of nitrogens with one attached hydrogen (secondary N) is 1. The Morgan fingerprint density at radius 1 is 1.26 bits per heavy atom. The number of rotatable bonds is 8. The summed E-state index contributed by atoms with van der Waals surface area (Å²) in [7, 11) is 0. The van der Waals surface area contributed by atoms with Crippen molar-refractivity contribution in [3.8, 4) is 0 Å². The number of hydrogen-bond donors (Lipinski definition) is 2. The quantitative estimate of drug-likeness (QED) is 0.755. The van der Waals surface area contributed by atoms with Gasteiger partial charge in [0.15, 0.2) is 5.12 Å². The van der Waals surface area contributed by atoms with Gasteiger partial charge in [0.2, 0.25) is 0 Å². The molecule has 0 aliphatic heterocycles. The summed E-state index contributed by atoms with van der Waals surface area (Å²) in [6.45, 7) is 1.34. The van der Waals surface area contributed by atoms with Crippen LogP contribution in [-0.2, 0) is 16.0 Å². The number of alkyl halides is 3. The second kappa shape index (κ2) is 8.93. The molecular formula is C15H18F3NO3S. The van der Waals surface area contributed by atoms with E-state index in [0.29, 0.717) is 0 Å². The van der Waals surface area contributed by atoms with Gasteiger partial charge < -0.3 is 10.4 Å². The molecule has 0 aliphatic rings. The smallest absolute Gasteiger partial charge is 0.404 e. The van der Waals surface area contributed by atoms with Crippen LogP contribution in [0.15, 0.2) is 30.3 Å². The minimum absolute atomic E-state index is 0.135. The van der Waals surface area contributed by atoms with Crippen molar-refractivity contribution in [2.24, 2.45) is 0 Å². The molecule has 2 N–H and O–H groups in total. The van der Waals surface area contributed by atoms with Crippen molar-refractivity contribution < 1.29 is 27.9 Å². The van der Waals surface area contributed by atoms with Gasteiger partial charge in [-0.15, -0.1) is 0 Å². The van der Waals surface area contributed by atoms with E-state index in [1.807, 2.05) is 0 Å². The number of thioether (sulfide) groups is 1. The van der Waals surface area contributed by atoms with E-state index >= 15 is 0 Å². The van der Waals surface area contributed by atoms with Gasteiger partial charge in [-0.2, -0.15) is 13.2 Å². The molecule has 0 saturated heterocycles. The van der Waals surface area contributed by atoms with Crippen molar-refractivity contribution in [2.75, 3.05) is 5.75 Å². The minimum atomic E-state index is -4.67. The Bertz CT molecular complexity index is 522. The fourth-order valence-corrected chi connectivity index (χ4v) is 2.66. The van der Waals surface area contributed by atoms with Crippen molar-refractivity contribution in [1.29, 1.82) is 0 Å². The van der Waals surface area contributed by atoms with E-state index in [2.05, 4.69) is 5.32 Å². The molecule has 0 amide bonds. The highest BCUT2D eigenvalue weighted by molar-refractivity contribution is 8.13. The molecule has 128 valence electrons. The zero-order valence-corrected chi connectivity index (χ0v) is 13.3. The van der Waals surface area contributed by atoms with Gasteiger partial charge in [-0.1, -0.05) is 42.1 Å². The van der Waals surface area contributed by atoms with Gasteiger partial charge in [-0.05, 0) is 12.0 Å². The monoisotopic (exact) mass is 349 g/mol. The number of hydrogen-bond acceptors (Lipinski definition) is 4. The molecular weight excluding hydrogens is 331 g/mol. The molecule has 0 heterocycles. The molecule has 1 aromatic carbocycles. The van der Waals surface area contributed by atoms with Crippen LogP contribution in [0, 0.1) is 0 Å². The van der Waals surface area contributed by atoms with Crippen LogP contribution in [0.1, 0.15) is 18.9 Å². The largest absolute Gasteiger partial charge is 0.481 e. The minimum Gasteiger partial charge on any atom is -0.481 e.